The second kappa shape index (κ2) is 4.55. The summed E-state index contributed by atoms with van der Waals surface area (Å²) in [4.78, 5) is 10.6. The van der Waals surface area contributed by atoms with Gasteiger partial charge in [-0.15, -0.1) is 0 Å². The molecule has 1 saturated heterocycles. The third-order valence-electron chi connectivity index (χ3n) is 2.60. The number of anilines is 1. The number of ether oxygens (including phenoxy) is 1. The first-order valence-electron chi connectivity index (χ1n) is 5.14. The zero-order chi connectivity index (χ0) is 10.7. The summed E-state index contributed by atoms with van der Waals surface area (Å²) in [5.41, 5.74) is 6.44. The summed E-state index contributed by atoms with van der Waals surface area (Å²) >= 11 is 0. The minimum Gasteiger partial charge on any atom is -0.382 e. The second-order valence-corrected chi connectivity index (χ2v) is 3.83. The molecule has 1 atom stereocenters. The van der Waals surface area contributed by atoms with Gasteiger partial charge < -0.3 is 10.5 Å². The van der Waals surface area contributed by atoms with Crippen LogP contribution in [0.15, 0.2) is 12.4 Å². The van der Waals surface area contributed by atoms with Crippen molar-refractivity contribution in [1.29, 1.82) is 0 Å². The summed E-state index contributed by atoms with van der Waals surface area (Å²) in [5.74, 6) is 0.466. The Kier molecular flexibility index (Phi) is 3.13. The van der Waals surface area contributed by atoms with E-state index < -0.39 is 0 Å². The summed E-state index contributed by atoms with van der Waals surface area (Å²) in [6, 6.07) is 0.443. The van der Waals surface area contributed by atoms with Crippen LogP contribution in [0.25, 0.3) is 0 Å². The fraction of sp³-hybridized carbons (Fsp3) is 0.600. The van der Waals surface area contributed by atoms with Crippen LogP contribution in [-0.2, 0) is 11.3 Å². The van der Waals surface area contributed by atoms with Crippen molar-refractivity contribution in [2.24, 2.45) is 0 Å². The normalized spacial score (nSPS) is 22.9. The lowest BCUT2D eigenvalue weighted by Gasteiger charge is -2.32. The van der Waals surface area contributed by atoms with Crippen molar-refractivity contribution in [3.63, 3.8) is 0 Å². The maximum absolute atomic E-state index is 5.48. The molecule has 1 aromatic heterocycles. The Morgan fingerprint density at radius 1 is 1.53 bits per heavy atom. The van der Waals surface area contributed by atoms with Crippen LogP contribution in [-0.4, -0.2) is 40.7 Å². The summed E-state index contributed by atoms with van der Waals surface area (Å²) in [5, 5.41) is 0. The summed E-state index contributed by atoms with van der Waals surface area (Å²) in [6.45, 7) is 5.52. The lowest BCUT2D eigenvalue weighted by Crippen LogP contribution is -2.43. The molecule has 0 amide bonds. The average molecular weight is 208 g/mol. The molecule has 1 aromatic rings. The molecule has 0 aromatic carbocycles. The Morgan fingerprint density at radius 3 is 3.07 bits per heavy atom. The fourth-order valence-corrected chi connectivity index (χ4v) is 1.65. The van der Waals surface area contributed by atoms with Crippen molar-refractivity contribution >= 4 is 5.82 Å². The maximum atomic E-state index is 5.48. The van der Waals surface area contributed by atoms with Crippen LogP contribution in [0.1, 0.15) is 12.6 Å². The molecule has 5 heteroatoms. The zero-order valence-electron chi connectivity index (χ0n) is 8.89. The predicted octanol–water partition coefficient (Wildman–Crippen LogP) is 0.279. The molecule has 2 rings (SSSR count). The summed E-state index contributed by atoms with van der Waals surface area (Å²) < 4.78 is 5.37. The van der Waals surface area contributed by atoms with Crippen LogP contribution in [0.5, 0.6) is 0 Å². The number of hydrogen-bond acceptors (Lipinski definition) is 5. The molecule has 1 unspecified atom stereocenters. The van der Waals surface area contributed by atoms with Gasteiger partial charge in [0.05, 0.1) is 31.3 Å². The largest absolute Gasteiger partial charge is 0.382 e. The van der Waals surface area contributed by atoms with Crippen LogP contribution < -0.4 is 5.73 Å². The average Bonchev–Trinajstić information content (AvgIpc) is 2.25. The Morgan fingerprint density at radius 2 is 2.40 bits per heavy atom. The van der Waals surface area contributed by atoms with Crippen LogP contribution in [0, 0.1) is 0 Å². The predicted molar refractivity (Wildman–Crippen MR) is 57.1 cm³/mol. The van der Waals surface area contributed by atoms with E-state index in [1.165, 1.54) is 0 Å². The first-order valence-corrected chi connectivity index (χ1v) is 5.14. The third-order valence-corrected chi connectivity index (χ3v) is 2.60. The highest BCUT2D eigenvalue weighted by Gasteiger charge is 2.18. The van der Waals surface area contributed by atoms with Crippen LogP contribution in [0.2, 0.25) is 0 Å². The van der Waals surface area contributed by atoms with Gasteiger partial charge in [-0.1, -0.05) is 0 Å². The number of rotatable bonds is 2. The molecule has 5 nitrogen and oxygen atoms in total. The van der Waals surface area contributed by atoms with Gasteiger partial charge in [-0.25, -0.2) is 4.98 Å². The van der Waals surface area contributed by atoms with Gasteiger partial charge >= 0.3 is 0 Å². The molecule has 0 bridgehead atoms. The lowest BCUT2D eigenvalue weighted by atomic mass is 10.2. The van der Waals surface area contributed by atoms with E-state index in [1.807, 2.05) is 0 Å². The number of aromatic nitrogens is 2. The summed E-state index contributed by atoms with van der Waals surface area (Å²) in [7, 11) is 0. The zero-order valence-corrected chi connectivity index (χ0v) is 8.89. The number of nitrogens with two attached hydrogens (primary N) is 1. The fourth-order valence-electron chi connectivity index (χ4n) is 1.65. The second-order valence-electron chi connectivity index (χ2n) is 3.83. The molecule has 0 radical (unpaired) electrons. The van der Waals surface area contributed by atoms with E-state index in [0.29, 0.717) is 11.9 Å². The van der Waals surface area contributed by atoms with Crippen molar-refractivity contribution in [2.45, 2.75) is 19.5 Å². The smallest absolute Gasteiger partial charge is 0.141 e. The van der Waals surface area contributed by atoms with Crippen molar-refractivity contribution in [3.8, 4) is 0 Å². The molecule has 1 fully saturated rings. The highest BCUT2D eigenvalue weighted by atomic mass is 16.5. The Hall–Kier alpha value is -1.20. The topological polar surface area (TPSA) is 64.3 Å². The molecular weight excluding hydrogens is 192 g/mol. The van der Waals surface area contributed by atoms with E-state index in [2.05, 4.69) is 21.8 Å². The van der Waals surface area contributed by atoms with E-state index in [4.69, 9.17) is 10.5 Å². The molecule has 82 valence electrons. The van der Waals surface area contributed by atoms with Gasteiger partial charge in [0.25, 0.3) is 0 Å². The number of morpholine rings is 1. The van der Waals surface area contributed by atoms with Crippen molar-refractivity contribution in [2.75, 3.05) is 25.5 Å². The van der Waals surface area contributed by atoms with Gasteiger partial charge in [-0.2, -0.15) is 0 Å². The molecule has 1 aliphatic heterocycles. The third kappa shape index (κ3) is 2.64. The van der Waals surface area contributed by atoms with Crippen LogP contribution >= 0.6 is 0 Å². The molecule has 2 heterocycles. The number of nitrogen functional groups attached to an aromatic ring is 1. The Bertz CT molecular complexity index is 314. The van der Waals surface area contributed by atoms with Crippen molar-refractivity contribution in [3.05, 3.63) is 18.1 Å². The molecular formula is C10H16N4O. The Balaban J connectivity index is 1.98. The van der Waals surface area contributed by atoms with Gasteiger partial charge in [-0.05, 0) is 6.92 Å². The van der Waals surface area contributed by atoms with Gasteiger partial charge in [0.2, 0.25) is 0 Å². The maximum Gasteiger partial charge on any atom is 0.141 e. The molecule has 1 aliphatic rings. The first kappa shape index (κ1) is 10.3. The van der Waals surface area contributed by atoms with Gasteiger partial charge in [0.1, 0.15) is 5.82 Å². The number of nitrogens with zero attached hydrogens (tertiary/aromatic N) is 3. The van der Waals surface area contributed by atoms with Gasteiger partial charge in [0, 0.05) is 19.1 Å². The molecule has 0 spiro atoms. The highest BCUT2D eigenvalue weighted by Crippen LogP contribution is 2.10. The van der Waals surface area contributed by atoms with E-state index >= 15 is 0 Å². The van der Waals surface area contributed by atoms with E-state index in [-0.39, 0.29) is 0 Å². The molecule has 2 N–H and O–H groups in total. The molecule has 15 heavy (non-hydrogen) atoms. The molecule has 0 saturated carbocycles. The van der Waals surface area contributed by atoms with Crippen LogP contribution in [0.4, 0.5) is 5.82 Å². The first-order chi connectivity index (χ1) is 7.25. The number of hydrogen-bond donors (Lipinski definition) is 1. The standard InChI is InChI=1S/C10H16N4O/c1-8-7-15-3-2-14(8)6-9-4-13-10(11)5-12-9/h4-5,8H,2-3,6-7H2,1H3,(H2,11,13). The minimum absolute atomic E-state index is 0.443. The van der Waals surface area contributed by atoms with E-state index in [9.17, 15) is 0 Å². The van der Waals surface area contributed by atoms with Crippen LogP contribution in [0.3, 0.4) is 0 Å². The SMILES string of the molecule is CC1COCCN1Cc1cnc(N)cn1. The highest BCUT2D eigenvalue weighted by molar-refractivity contribution is 5.22. The van der Waals surface area contributed by atoms with Crippen molar-refractivity contribution < 1.29 is 4.74 Å². The molecule has 0 aliphatic carbocycles. The lowest BCUT2D eigenvalue weighted by molar-refractivity contribution is -0.00495. The minimum atomic E-state index is 0.443. The quantitative estimate of drug-likeness (QED) is 0.756. The van der Waals surface area contributed by atoms with Gasteiger partial charge in [-0.3, -0.25) is 9.88 Å². The van der Waals surface area contributed by atoms with E-state index in [0.717, 1.165) is 32.0 Å². The monoisotopic (exact) mass is 208 g/mol. The summed E-state index contributed by atoms with van der Waals surface area (Å²) in [6.07, 6.45) is 3.33. The van der Waals surface area contributed by atoms with Gasteiger partial charge in [0.15, 0.2) is 0 Å². The van der Waals surface area contributed by atoms with Crippen molar-refractivity contribution in [1.82, 2.24) is 14.9 Å². The Labute approximate surface area is 89.3 Å². The van der Waals surface area contributed by atoms with E-state index in [1.54, 1.807) is 12.4 Å².